The minimum atomic E-state index is -1.11. The molecule has 1 aliphatic carbocycles. The molecule has 0 fully saturated rings. The largest absolute Gasteiger partial charge is 0.465 e. The highest BCUT2D eigenvalue weighted by atomic mass is 35.5. The first-order valence-electron chi connectivity index (χ1n) is 7.67. The zero-order chi connectivity index (χ0) is 17.6. The van der Waals surface area contributed by atoms with Gasteiger partial charge < -0.3 is 20.7 Å². The maximum Gasteiger partial charge on any atom is 0.405 e. The maximum absolute atomic E-state index is 12.6. The lowest BCUT2D eigenvalue weighted by Gasteiger charge is -2.21. The Morgan fingerprint density at radius 1 is 1.24 bits per heavy atom. The van der Waals surface area contributed by atoms with Gasteiger partial charge in [-0.2, -0.15) is 0 Å². The van der Waals surface area contributed by atoms with E-state index in [1.165, 1.54) is 11.3 Å². The molecule has 2 aromatic heterocycles. The third kappa shape index (κ3) is 2.96. The standard InChI is InChI=1S/C17H14ClN3O3S/c18-13-7-9-6-12(20-16(9)25-13)15(22)19-11-5-8-3-1-2-4-10(8)14(11)21-17(23)24/h1-4,6-7,11,14,20-21H,5H2,(H,19,22)(H,23,24)/t11-,14-/m1/s1. The Bertz CT molecular complexity index is 949. The summed E-state index contributed by atoms with van der Waals surface area (Å²) in [5.41, 5.74) is 2.36. The molecule has 128 valence electrons. The number of H-pyrrole nitrogens is 1. The van der Waals surface area contributed by atoms with Gasteiger partial charge in [0.05, 0.1) is 16.4 Å². The van der Waals surface area contributed by atoms with Crippen LogP contribution in [0.5, 0.6) is 0 Å². The number of aromatic amines is 1. The molecule has 25 heavy (non-hydrogen) atoms. The Morgan fingerprint density at radius 2 is 2.04 bits per heavy atom. The van der Waals surface area contributed by atoms with Crippen molar-refractivity contribution in [2.75, 3.05) is 0 Å². The van der Waals surface area contributed by atoms with Crippen molar-refractivity contribution < 1.29 is 14.7 Å². The second-order valence-corrected chi connectivity index (χ2v) is 7.61. The summed E-state index contributed by atoms with van der Waals surface area (Å²) in [6, 6.07) is 10.3. The molecule has 2 atom stereocenters. The topological polar surface area (TPSA) is 94.2 Å². The molecule has 0 radical (unpaired) electrons. The van der Waals surface area contributed by atoms with Gasteiger partial charge in [-0.05, 0) is 29.7 Å². The van der Waals surface area contributed by atoms with E-state index in [1.807, 2.05) is 24.3 Å². The van der Waals surface area contributed by atoms with Crippen molar-refractivity contribution >= 4 is 45.2 Å². The number of hydrogen-bond acceptors (Lipinski definition) is 3. The summed E-state index contributed by atoms with van der Waals surface area (Å²) in [6.07, 6.45) is -0.538. The highest BCUT2D eigenvalue weighted by Gasteiger charge is 2.34. The minimum Gasteiger partial charge on any atom is -0.465 e. The summed E-state index contributed by atoms with van der Waals surface area (Å²) in [5, 5.41) is 15.5. The van der Waals surface area contributed by atoms with Gasteiger partial charge in [0.2, 0.25) is 0 Å². The van der Waals surface area contributed by atoms with Gasteiger partial charge in [-0.1, -0.05) is 35.9 Å². The van der Waals surface area contributed by atoms with Crippen LogP contribution in [0.15, 0.2) is 36.4 Å². The molecule has 1 aliphatic rings. The van der Waals surface area contributed by atoms with Crippen molar-refractivity contribution in [2.24, 2.45) is 0 Å². The number of benzene rings is 1. The van der Waals surface area contributed by atoms with E-state index in [1.54, 1.807) is 12.1 Å². The van der Waals surface area contributed by atoms with Crippen LogP contribution >= 0.6 is 22.9 Å². The molecule has 0 unspecified atom stereocenters. The first-order valence-corrected chi connectivity index (χ1v) is 8.87. The van der Waals surface area contributed by atoms with E-state index in [0.29, 0.717) is 16.5 Å². The fourth-order valence-electron chi connectivity index (χ4n) is 3.30. The van der Waals surface area contributed by atoms with Gasteiger partial charge in [0.25, 0.3) is 5.91 Å². The van der Waals surface area contributed by atoms with Crippen molar-refractivity contribution in [3.8, 4) is 0 Å². The van der Waals surface area contributed by atoms with Crippen LogP contribution in [0.25, 0.3) is 10.2 Å². The van der Waals surface area contributed by atoms with E-state index in [2.05, 4.69) is 15.6 Å². The summed E-state index contributed by atoms with van der Waals surface area (Å²) >= 11 is 7.32. The van der Waals surface area contributed by atoms with Gasteiger partial charge in [-0.15, -0.1) is 11.3 Å². The molecule has 0 bridgehead atoms. The third-order valence-corrected chi connectivity index (χ3v) is 5.55. The molecule has 2 heterocycles. The fourth-order valence-corrected chi connectivity index (χ4v) is 4.43. The predicted molar refractivity (Wildman–Crippen MR) is 96.5 cm³/mol. The molecule has 0 spiro atoms. The van der Waals surface area contributed by atoms with Crippen LogP contribution in [-0.2, 0) is 6.42 Å². The third-order valence-electron chi connectivity index (χ3n) is 4.35. The second kappa shape index (κ2) is 6.09. The van der Waals surface area contributed by atoms with E-state index in [9.17, 15) is 9.59 Å². The molecule has 0 aliphatic heterocycles. The summed E-state index contributed by atoms with van der Waals surface area (Å²) in [7, 11) is 0. The van der Waals surface area contributed by atoms with Crippen molar-refractivity contribution in [2.45, 2.75) is 18.5 Å². The zero-order valence-corrected chi connectivity index (χ0v) is 14.4. The molecular formula is C17H14ClN3O3S. The number of fused-ring (bicyclic) bond motifs is 2. The minimum absolute atomic E-state index is 0.269. The summed E-state index contributed by atoms with van der Waals surface area (Å²) in [4.78, 5) is 27.6. The molecule has 4 rings (SSSR count). The lowest BCUT2D eigenvalue weighted by molar-refractivity contribution is 0.0924. The average molecular weight is 376 g/mol. The first-order chi connectivity index (χ1) is 12.0. The Hall–Kier alpha value is -2.51. The average Bonchev–Trinajstić information content (AvgIpc) is 3.19. The molecule has 0 saturated heterocycles. The molecule has 2 amide bonds. The lowest BCUT2D eigenvalue weighted by Crippen LogP contribution is -2.44. The monoisotopic (exact) mass is 375 g/mol. The summed E-state index contributed by atoms with van der Waals surface area (Å²) in [5.74, 6) is -0.269. The number of nitrogens with one attached hydrogen (secondary N) is 3. The molecule has 0 saturated carbocycles. The Balaban J connectivity index is 1.57. The number of carbonyl (C=O) groups excluding carboxylic acids is 1. The van der Waals surface area contributed by atoms with Gasteiger partial charge in [-0.25, -0.2) is 4.79 Å². The van der Waals surface area contributed by atoms with Crippen LogP contribution in [-0.4, -0.2) is 28.1 Å². The smallest absolute Gasteiger partial charge is 0.405 e. The quantitative estimate of drug-likeness (QED) is 0.564. The Labute approximate surface area is 151 Å². The van der Waals surface area contributed by atoms with Gasteiger partial charge in [0.1, 0.15) is 10.5 Å². The number of carbonyl (C=O) groups is 2. The fraction of sp³-hybridized carbons (Fsp3) is 0.176. The maximum atomic E-state index is 12.6. The van der Waals surface area contributed by atoms with Crippen molar-refractivity contribution in [1.29, 1.82) is 0 Å². The van der Waals surface area contributed by atoms with Gasteiger partial charge in [0, 0.05) is 5.39 Å². The Morgan fingerprint density at radius 3 is 2.80 bits per heavy atom. The van der Waals surface area contributed by atoms with Crippen LogP contribution in [0.2, 0.25) is 4.34 Å². The predicted octanol–water partition coefficient (Wildman–Crippen LogP) is 3.55. The van der Waals surface area contributed by atoms with Crippen LogP contribution in [0.3, 0.4) is 0 Å². The number of amides is 2. The zero-order valence-electron chi connectivity index (χ0n) is 12.9. The Kier molecular flexibility index (Phi) is 3.89. The molecule has 3 aromatic rings. The van der Waals surface area contributed by atoms with E-state index in [0.717, 1.165) is 21.3 Å². The summed E-state index contributed by atoms with van der Waals surface area (Å²) < 4.78 is 0.658. The molecule has 4 N–H and O–H groups in total. The highest BCUT2D eigenvalue weighted by molar-refractivity contribution is 7.22. The van der Waals surface area contributed by atoms with Gasteiger partial charge in [0.15, 0.2) is 0 Å². The van der Waals surface area contributed by atoms with Crippen molar-refractivity contribution in [3.05, 3.63) is 57.6 Å². The van der Waals surface area contributed by atoms with Gasteiger partial charge >= 0.3 is 6.09 Å². The lowest BCUT2D eigenvalue weighted by atomic mass is 10.1. The summed E-state index contributed by atoms with van der Waals surface area (Å²) in [6.45, 7) is 0. The molecule has 6 nitrogen and oxygen atoms in total. The highest BCUT2D eigenvalue weighted by Crippen LogP contribution is 2.32. The van der Waals surface area contributed by atoms with E-state index >= 15 is 0 Å². The molecule has 8 heteroatoms. The SMILES string of the molecule is O=C(O)N[C@@H]1c2ccccc2C[C@H]1NC(=O)c1cc2cc(Cl)sc2[nH]1. The van der Waals surface area contributed by atoms with Gasteiger partial charge in [-0.3, -0.25) is 4.79 Å². The van der Waals surface area contributed by atoms with E-state index in [-0.39, 0.29) is 11.9 Å². The number of thiophene rings is 1. The van der Waals surface area contributed by atoms with E-state index < -0.39 is 12.1 Å². The number of carboxylic acid groups (broad SMARTS) is 1. The normalized spacial score (nSPS) is 18.9. The van der Waals surface area contributed by atoms with Crippen LogP contribution in [0.1, 0.15) is 27.7 Å². The molecular weight excluding hydrogens is 362 g/mol. The van der Waals surface area contributed by atoms with E-state index in [4.69, 9.17) is 16.7 Å². The second-order valence-electron chi connectivity index (χ2n) is 5.93. The van der Waals surface area contributed by atoms with Crippen LogP contribution in [0, 0.1) is 0 Å². The number of hydrogen-bond donors (Lipinski definition) is 4. The molecule has 1 aromatic carbocycles. The number of aromatic nitrogens is 1. The van der Waals surface area contributed by atoms with Crippen molar-refractivity contribution in [3.63, 3.8) is 0 Å². The van der Waals surface area contributed by atoms with Crippen molar-refractivity contribution in [1.82, 2.24) is 15.6 Å². The van der Waals surface area contributed by atoms with Crippen LogP contribution < -0.4 is 10.6 Å². The first kappa shape index (κ1) is 16.0. The number of halogens is 1. The van der Waals surface area contributed by atoms with Crippen LogP contribution in [0.4, 0.5) is 4.79 Å². The number of rotatable bonds is 3.